The molecule has 1 atom stereocenters. The average molecular weight is 255 g/mol. The second-order valence-electron chi connectivity index (χ2n) is 4.57. The number of anilines is 1. The first-order chi connectivity index (χ1) is 9.08. The van der Waals surface area contributed by atoms with E-state index < -0.39 is 0 Å². The summed E-state index contributed by atoms with van der Waals surface area (Å²) in [6, 6.07) is 9.11. The zero-order valence-corrected chi connectivity index (χ0v) is 11.1. The predicted octanol–water partition coefficient (Wildman–Crippen LogP) is 2.46. The number of aryl methyl sites for hydroxylation is 1. The monoisotopic (exact) mass is 255 g/mol. The fourth-order valence-corrected chi connectivity index (χ4v) is 1.88. The molecule has 0 radical (unpaired) electrons. The first-order valence-corrected chi connectivity index (χ1v) is 6.15. The van der Waals surface area contributed by atoms with E-state index >= 15 is 0 Å². The Hall–Kier alpha value is -2.36. The third-order valence-electron chi connectivity index (χ3n) is 3.01. The molecule has 0 spiro atoms. The van der Waals surface area contributed by atoms with Crippen molar-refractivity contribution in [3.05, 3.63) is 59.4 Å². The summed E-state index contributed by atoms with van der Waals surface area (Å²) >= 11 is 0. The van der Waals surface area contributed by atoms with Gasteiger partial charge in [0.15, 0.2) is 0 Å². The Kier molecular flexibility index (Phi) is 3.80. The number of benzene rings is 1. The Morgan fingerprint density at radius 3 is 2.63 bits per heavy atom. The molecule has 0 fully saturated rings. The van der Waals surface area contributed by atoms with Gasteiger partial charge < -0.3 is 11.1 Å². The summed E-state index contributed by atoms with van der Waals surface area (Å²) in [6.07, 6.45) is 3.41. The van der Waals surface area contributed by atoms with Gasteiger partial charge in [-0.05, 0) is 43.7 Å². The van der Waals surface area contributed by atoms with Crippen LogP contribution in [0, 0.1) is 6.92 Å². The molecule has 1 amide bonds. The number of aromatic nitrogens is 1. The molecule has 0 saturated carbocycles. The summed E-state index contributed by atoms with van der Waals surface area (Å²) in [5, 5.41) is 2.93. The van der Waals surface area contributed by atoms with E-state index in [-0.39, 0.29) is 11.9 Å². The van der Waals surface area contributed by atoms with Gasteiger partial charge in [0.1, 0.15) is 0 Å². The molecule has 2 rings (SSSR count). The van der Waals surface area contributed by atoms with Gasteiger partial charge in [-0.1, -0.05) is 11.6 Å². The second kappa shape index (κ2) is 5.52. The van der Waals surface area contributed by atoms with Crippen molar-refractivity contribution in [3.63, 3.8) is 0 Å². The number of nitrogens with zero attached hydrogens (tertiary/aromatic N) is 1. The lowest BCUT2D eigenvalue weighted by Crippen LogP contribution is -2.27. The topological polar surface area (TPSA) is 68.0 Å². The van der Waals surface area contributed by atoms with Gasteiger partial charge in [-0.15, -0.1) is 0 Å². The molecule has 0 aliphatic heterocycles. The molecule has 0 unspecified atom stereocenters. The van der Waals surface area contributed by atoms with Crippen LogP contribution in [0.3, 0.4) is 0 Å². The number of nitrogens with two attached hydrogens (primary N) is 1. The molecule has 0 bridgehead atoms. The molecule has 1 aromatic heterocycles. The number of nitrogen functional groups attached to an aromatic ring is 1. The Bertz CT molecular complexity index is 581. The zero-order valence-electron chi connectivity index (χ0n) is 11.1. The largest absolute Gasteiger partial charge is 0.398 e. The SMILES string of the molecule is Cc1ccc(N)c(C(=O)N[C@H](C)c2ccncc2)c1. The number of hydrogen-bond donors (Lipinski definition) is 2. The van der Waals surface area contributed by atoms with Crippen LogP contribution in [-0.4, -0.2) is 10.9 Å². The molecule has 1 aromatic carbocycles. The van der Waals surface area contributed by atoms with Crippen molar-refractivity contribution in [3.8, 4) is 0 Å². The van der Waals surface area contributed by atoms with E-state index in [0.717, 1.165) is 11.1 Å². The highest BCUT2D eigenvalue weighted by atomic mass is 16.1. The zero-order chi connectivity index (χ0) is 13.8. The molecule has 0 aliphatic rings. The van der Waals surface area contributed by atoms with Crippen LogP contribution in [0.15, 0.2) is 42.7 Å². The molecule has 1 heterocycles. The first kappa shape index (κ1) is 13.1. The van der Waals surface area contributed by atoms with Crippen molar-refractivity contribution in [1.29, 1.82) is 0 Å². The van der Waals surface area contributed by atoms with Gasteiger partial charge in [0.05, 0.1) is 11.6 Å². The molecular formula is C15H17N3O. The van der Waals surface area contributed by atoms with Gasteiger partial charge in [0.25, 0.3) is 5.91 Å². The van der Waals surface area contributed by atoms with Crippen molar-refractivity contribution >= 4 is 11.6 Å². The lowest BCUT2D eigenvalue weighted by molar-refractivity contribution is 0.0940. The smallest absolute Gasteiger partial charge is 0.253 e. The minimum atomic E-state index is -0.162. The Morgan fingerprint density at radius 1 is 1.26 bits per heavy atom. The normalized spacial score (nSPS) is 11.9. The van der Waals surface area contributed by atoms with E-state index in [1.165, 1.54) is 0 Å². The molecule has 0 aliphatic carbocycles. The third-order valence-corrected chi connectivity index (χ3v) is 3.01. The lowest BCUT2D eigenvalue weighted by atomic mass is 10.1. The van der Waals surface area contributed by atoms with Crippen LogP contribution in [-0.2, 0) is 0 Å². The fourth-order valence-electron chi connectivity index (χ4n) is 1.88. The van der Waals surface area contributed by atoms with E-state index in [9.17, 15) is 4.79 Å². The van der Waals surface area contributed by atoms with Crippen LogP contribution < -0.4 is 11.1 Å². The van der Waals surface area contributed by atoms with Gasteiger partial charge in [-0.3, -0.25) is 9.78 Å². The summed E-state index contributed by atoms with van der Waals surface area (Å²) < 4.78 is 0. The van der Waals surface area contributed by atoms with Crippen molar-refractivity contribution in [2.45, 2.75) is 19.9 Å². The number of pyridine rings is 1. The van der Waals surface area contributed by atoms with Gasteiger partial charge in [-0.25, -0.2) is 0 Å². The second-order valence-corrected chi connectivity index (χ2v) is 4.57. The van der Waals surface area contributed by atoms with Crippen molar-refractivity contribution in [2.24, 2.45) is 0 Å². The number of rotatable bonds is 3. The standard InChI is InChI=1S/C15H17N3O/c1-10-3-4-14(16)13(9-10)15(19)18-11(2)12-5-7-17-8-6-12/h3-9,11H,16H2,1-2H3,(H,18,19)/t11-/m1/s1. The van der Waals surface area contributed by atoms with Gasteiger partial charge in [-0.2, -0.15) is 0 Å². The fraction of sp³-hybridized carbons (Fsp3) is 0.200. The van der Waals surface area contributed by atoms with E-state index in [4.69, 9.17) is 5.73 Å². The summed E-state index contributed by atoms with van der Waals surface area (Å²) in [5.41, 5.74) is 8.86. The maximum atomic E-state index is 12.2. The summed E-state index contributed by atoms with van der Waals surface area (Å²) in [4.78, 5) is 16.2. The number of amides is 1. The Morgan fingerprint density at radius 2 is 1.95 bits per heavy atom. The molecule has 98 valence electrons. The highest BCUT2D eigenvalue weighted by molar-refractivity contribution is 5.99. The molecule has 2 aromatic rings. The molecule has 0 saturated heterocycles. The van der Waals surface area contributed by atoms with E-state index in [0.29, 0.717) is 11.3 Å². The van der Waals surface area contributed by atoms with E-state index in [2.05, 4.69) is 10.3 Å². The van der Waals surface area contributed by atoms with Gasteiger partial charge in [0.2, 0.25) is 0 Å². The number of carbonyl (C=O) groups is 1. The van der Waals surface area contributed by atoms with Crippen LogP contribution in [0.5, 0.6) is 0 Å². The molecular weight excluding hydrogens is 238 g/mol. The number of carbonyl (C=O) groups excluding carboxylic acids is 1. The third kappa shape index (κ3) is 3.10. The number of nitrogens with one attached hydrogen (secondary N) is 1. The van der Waals surface area contributed by atoms with Crippen molar-refractivity contribution in [2.75, 3.05) is 5.73 Å². The number of hydrogen-bond acceptors (Lipinski definition) is 3. The summed E-state index contributed by atoms with van der Waals surface area (Å²) in [5.74, 6) is -0.162. The van der Waals surface area contributed by atoms with Crippen molar-refractivity contribution < 1.29 is 4.79 Å². The van der Waals surface area contributed by atoms with E-state index in [1.807, 2.05) is 32.0 Å². The lowest BCUT2D eigenvalue weighted by Gasteiger charge is -2.15. The summed E-state index contributed by atoms with van der Waals surface area (Å²) in [7, 11) is 0. The first-order valence-electron chi connectivity index (χ1n) is 6.15. The highest BCUT2D eigenvalue weighted by Crippen LogP contribution is 2.16. The van der Waals surface area contributed by atoms with Crippen LogP contribution >= 0.6 is 0 Å². The van der Waals surface area contributed by atoms with Crippen molar-refractivity contribution in [1.82, 2.24) is 10.3 Å². The quantitative estimate of drug-likeness (QED) is 0.828. The molecule has 4 nitrogen and oxygen atoms in total. The minimum absolute atomic E-state index is 0.0876. The van der Waals surface area contributed by atoms with Crippen LogP contribution in [0.4, 0.5) is 5.69 Å². The molecule has 3 N–H and O–H groups in total. The van der Waals surface area contributed by atoms with Crippen LogP contribution in [0.1, 0.15) is 34.5 Å². The van der Waals surface area contributed by atoms with Gasteiger partial charge in [0, 0.05) is 18.1 Å². The average Bonchev–Trinajstić information content (AvgIpc) is 2.42. The summed E-state index contributed by atoms with van der Waals surface area (Å²) in [6.45, 7) is 3.86. The van der Waals surface area contributed by atoms with Crippen LogP contribution in [0.2, 0.25) is 0 Å². The maximum absolute atomic E-state index is 12.2. The van der Waals surface area contributed by atoms with Crippen LogP contribution in [0.25, 0.3) is 0 Å². The maximum Gasteiger partial charge on any atom is 0.253 e. The predicted molar refractivity (Wildman–Crippen MR) is 75.7 cm³/mol. The molecule has 4 heteroatoms. The minimum Gasteiger partial charge on any atom is -0.398 e. The highest BCUT2D eigenvalue weighted by Gasteiger charge is 2.13. The van der Waals surface area contributed by atoms with E-state index in [1.54, 1.807) is 24.5 Å². The Balaban J connectivity index is 2.15. The Labute approximate surface area is 112 Å². The molecule has 19 heavy (non-hydrogen) atoms. The van der Waals surface area contributed by atoms with Gasteiger partial charge >= 0.3 is 0 Å².